The van der Waals surface area contributed by atoms with Gasteiger partial charge in [0.05, 0.1) is 19.8 Å². The quantitative estimate of drug-likeness (QED) is 0.0378. The molecule has 0 heterocycles. The Labute approximate surface area is 290 Å². The van der Waals surface area contributed by atoms with E-state index in [9.17, 15) is 9.36 Å². The molecule has 8 heteroatoms. The van der Waals surface area contributed by atoms with Gasteiger partial charge >= 0.3 is 13.8 Å². The van der Waals surface area contributed by atoms with Crippen LogP contribution >= 0.6 is 7.82 Å². The maximum absolute atomic E-state index is 13.1. The first kappa shape index (κ1) is 46.0. The number of carbonyl (C=O) groups is 1. The summed E-state index contributed by atoms with van der Waals surface area (Å²) in [4.78, 5) is 11.1. The smallest absolute Gasteiger partial charge is 0.474 e. The van der Waals surface area contributed by atoms with Gasteiger partial charge in [-0.25, -0.2) is 4.57 Å². The number of allylic oxidation sites excluding steroid dienone is 4. The largest absolute Gasteiger partial charge is 0.480 e. The van der Waals surface area contributed by atoms with E-state index in [0.29, 0.717) is 0 Å². The minimum absolute atomic E-state index is 0.258. The lowest BCUT2D eigenvalue weighted by molar-refractivity contribution is -0.139. The Morgan fingerprint density at radius 1 is 0.532 bits per heavy atom. The van der Waals surface area contributed by atoms with Crippen molar-refractivity contribution in [2.45, 2.75) is 200 Å². The molecule has 0 unspecified atom stereocenters. The zero-order valence-electron chi connectivity index (χ0n) is 30.8. The van der Waals surface area contributed by atoms with Crippen LogP contribution in [0, 0.1) is 0 Å². The summed E-state index contributed by atoms with van der Waals surface area (Å²) in [6.45, 7) is 4.63. The Morgan fingerprint density at radius 2 is 0.830 bits per heavy atom. The monoisotopic (exact) mass is 686 g/mol. The van der Waals surface area contributed by atoms with Crippen LogP contribution in [0.25, 0.3) is 0 Å². The molecule has 0 rings (SSSR count). The zero-order chi connectivity index (χ0) is 34.5. The van der Waals surface area contributed by atoms with Crippen molar-refractivity contribution in [3.05, 3.63) is 24.3 Å². The first-order valence-electron chi connectivity index (χ1n) is 19.8. The summed E-state index contributed by atoms with van der Waals surface area (Å²) in [5, 5.41) is 9.06. The van der Waals surface area contributed by atoms with Crippen molar-refractivity contribution < 1.29 is 28.0 Å². The van der Waals surface area contributed by atoms with Crippen molar-refractivity contribution in [3.8, 4) is 0 Å². The van der Waals surface area contributed by atoms with E-state index in [4.69, 9.17) is 24.4 Å². The molecule has 0 radical (unpaired) electrons. The molecule has 0 amide bonds. The van der Waals surface area contributed by atoms with Crippen molar-refractivity contribution in [1.82, 2.24) is 0 Å². The minimum Gasteiger partial charge on any atom is -0.480 e. The van der Waals surface area contributed by atoms with Crippen molar-refractivity contribution >= 4 is 13.8 Å². The molecule has 0 aliphatic heterocycles. The van der Waals surface area contributed by atoms with E-state index in [1.54, 1.807) is 0 Å². The third-order valence-electron chi connectivity index (χ3n) is 8.54. The number of phosphoric ester groups is 1. The Balaban J connectivity index is 3.93. The molecule has 278 valence electrons. The molecule has 7 nitrogen and oxygen atoms in total. The highest BCUT2D eigenvalue weighted by Gasteiger charge is 2.28. The molecule has 47 heavy (non-hydrogen) atoms. The summed E-state index contributed by atoms with van der Waals surface area (Å²) in [7, 11) is -3.85. The summed E-state index contributed by atoms with van der Waals surface area (Å²) in [6, 6.07) is -1.27. The number of carboxylic acid groups (broad SMARTS) is 1. The highest BCUT2D eigenvalue weighted by Crippen LogP contribution is 2.49. The number of hydrogen-bond acceptors (Lipinski definition) is 6. The second-order valence-corrected chi connectivity index (χ2v) is 14.9. The minimum atomic E-state index is -3.85. The third-order valence-corrected chi connectivity index (χ3v) is 10.0. The molecule has 0 saturated heterocycles. The number of carboxylic acids is 1. The van der Waals surface area contributed by atoms with Gasteiger partial charge in [-0.1, -0.05) is 154 Å². The number of nitrogens with two attached hydrogens (primary N) is 1. The van der Waals surface area contributed by atoms with E-state index in [0.717, 1.165) is 51.4 Å². The van der Waals surface area contributed by atoms with Gasteiger partial charge in [-0.3, -0.25) is 18.4 Å². The normalized spacial score (nSPS) is 12.9. The number of phosphoric acid groups is 1. The van der Waals surface area contributed by atoms with Crippen LogP contribution in [0.1, 0.15) is 194 Å². The molecule has 0 aromatic heterocycles. The average Bonchev–Trinajstić information content (AvgIpc) is 3.06. The molecule has 0 aromatic rings. The highest BCUT2D eigenvalue weighted by molar-refractivity contribution is 7.48. The molecule has 0 aliphatic rings. The predicted molar refractivity (Wildman–Crippen MR) is 200 cm³/mol. The molecule has 0 aromatic carbocycles. The van der Waals surface area contributed by atoms with Gasteiger partial charge in [-0.05, 0) is 64.2 Å². The van der Waals surface area contributed by atoms with Gasteiger partial charge in [-0.2, -0.15) is 0 Å². The molecule has 0 saturated carbocycles. The van der Waals surface area contributed by atoms with E-state index in [-0.39, 0.29) is 13.2 Å². The summed E-state index contributed by atoms with van der Waals surface area (Å²) in [5.74, 6) is -1.21. The number of unbranched alkanes of at least 4 members (excludes halogenated alkanes) is 24. The van der Waals surface area contributed by atoms with Crippen LogP contribution in [0.5, 0.6) is 0 Å². The van der Waals surface area contributed by atoms with E-state index in [2.05, 4.69) is 38.2 Å². The van der Waals surface area contributed by atoms with Crippen LogP contribution in [0.4, 0.5) is 0 Å². The van der Waals surface area contributed by atoms with Gasteiger partial charge < -0.3 is 10.8 Å². The molecular weight excluding hydrogens is 609 g/mol. The molecule has 3 N–H and O–H groups in total. The topological polar surface area (TPSA) is 108 Å². The summed E-state index contributed by atoms with van der Waals surface area (Å²) >= 11 is 0. The summed E-state index contributed by atoms with van der Waals surface area (Å²) in [6.07, 6.45) is 43.3. The lowest BCUT2D eigenvalue weighted by Crippen LogP contribution is -2.34. The molecule has 0 aliphatic carbocycles. The first-order chi connectivity index (χ1) is 22.9. The van der Waals surface area contributed by atoms with Crippen molar-refractivity contribution in [1.29, 1.82) is 0 Å². The lowest BCUT2D eigenvalue weighted by Gasteiger charge is -2.19. The van der Waals surface area contributed by atoms with Crippen LogP contribution < -0.4 is 5.73 Å². The van der Waals surface area contributed by atoms with Crippen LogP contribution in [-0.4, -0.2) is 36.9 Å². The van der Waals surface area contributed by atoms with Crippen molar-refractivity contribution in [2.24, 2.45) is 5.73 Å². The summed E-state index contributed by atoms with van der Waals surface area (Å²) in [5.41, 5.74) is 5.55. The standard InChI is InChI=1S/C39H76NO6P/c1-3-5-7-9-11-13-15-17-19-21-23-25-27-29-31-33-35-44-47(43,46-37-38(40)39(41)42)45-36-34-32-30-28-26-24-22-20-18-16-14-12-10-8-6-4-2/h17-20,38H,3-16,21-37,40H2,1-2H3,(H,41,42)/b19-17-,20-18-/t38-/m0/s1. The number of aliphatic carboxylic acids is 1. The lowest BCUT2D eigenvalue weighted by atomic mass is 10.1. The SMILES string of the molecule is CCCCCCCC/C=C\CCCCCCCCOP(=O)(OCCCCCCCC/C=C\CCCCCCCC)OC[C@H](N)C(=O)O. The van der Waals surface area contributed by atoms with Crippen LogP contribution in [-0.2, 0) is 22.9 Å². The zero-order valence-corrected chi connectivity index (χ0v) is 31.7. The molecule has 0 bridgehead atoms. The van der Waals surface area contributed by atoms with Crippen molar-refractivity contribution in [2.75, 3.05) is 19.8 Å². The van der Waals surface area contributed by atoms with E-state index < -0.39 is 26.4 Å². The van der Waals surface area contributed by atoms with Gasteiger partial charge in [0.1, 0.15) is 6.04 Å². The van der Waals surface area contributed by atoms with Gasteiger partial charge in [0, 0.05) is 0 Å². The van der Waals surface area contributed by atoms with Gasteiger partial charge in [0.15, 0.2) is 0 Å². The van der Waals surface area contributed by atoms with Gasteiger partial charge in [0.25, 0.3) is 0 Å². The second kappa shape index (κ2) is 36.3. The first-order valence-corrected chi connectivity index (χ1v) is 21.2. The maximum atomic E-state index is 13.1. The van der Waals surface area contributed by atoms with Crippen LogP contribution in [0.15, 0.2) is 24.3 Å². The van der Waals surface area contributed by atoms with E-state index in [1.807, 2.05) is 0 Å². The van der Waals surface area contributed by atoms with E-state index >= 15 is 0 Å². The second-order valence-electron chi connectivity index (χ2n) is 13.2. The molecule has 0 fully saturated rings. The molecule has 1 atom stereocenters. The molecular formula is C39H76NO6P. The predicted octanol–water partition coefficient (Wildman–Crippen LogP) is 12.6. The van der Waals surface area contributed by atoms with Gasteiger partial charge in [-0.15, -0.1) is 0 Å². The number of hydrogen-bond donors (Lipinski definition) is 2. The third kappa shape index (κ3) is 34.7. The average molecular weight is 686 g/mol. The fraction of sp³-hybridized carbons (Fsp3) is 0.872. The van der Waals surface area contributed by atoms with Gasteiger partial charge in [0.2, 0.25) is 0 Å². The fourth-order valence-electron chi connectivity index (χ4n) is 5.41. The van der Waals surface area contributed by atoms with E-state index in [1.165, 1.54) is 128 Å². The Hall–Kier alpha value is -0.980. The highest BCUT2D eigenvalue weighted by atomic mass is 31.2. The maximum Gasteiger partial charge on any atom is 0.474 e. The summed E-state index contributed by atoms with van der Waals surface area (Å²) < 4.78 is 29.5. The number of rotatable bonds is 38. The van der Waals surface area contributed by atoms with Crippen molar-refractivity contribution in [3.63, 3.8) is 0 Å². The van der Waals surface area contributed by atoms with Crippen LogP contribution in [0.2, 0.25) is 0 Å². The Kier molecular flexibility index (Phi) is 35.5. The molecule has 0 spiro atoms. The Bertz CT molecular complexity index is 727. The van der Waals surface area contributed by atoms with Crippen LogP contribution in [0.3, 0.4) is 0 Å². The Morgan fingerprint density at radius 3 is 1.15 bits per heavy atom. The fourth-order valence-corrected chi connectivity index (χ4v) is 6.68.